The van der Waals surface area contributed by atoms with Crippen LogP contribution in [0, 0.1) is 0 Å². The molecular formula is C19H22ClN3O2. The molecule has 1 aliphatic rings. The summed E-state index contributed by atoms with van der Waals surface area (Å²) in [6.45, 7) is 5.13. The van der Waals surface area contributed by atoms with Crippen molar-refractivity contribution in [2.75, 3.05) is 26.3 Å². The molecule has 0 bridgehead atoms. The zero-order valence-electron chi connectivity index (χ0n) is 14.1. The van der Waals surface area contributed by atoms with E-state index in [0.29, 0.717) is 12.5 Å². The van der Waals surface area contributed by atoms with Crippen LogP contribution in [0.4, 0.5) is 0 Å². The number of H-pyrrole nitrogens is 1. The van der Waals surface area contributed by atoms with Crippen LogP contribution in [-0.2, 0) is 4.74 Å². The van der Waals surface area contributed by atoms with Gasteiger partial charge in [0, 0.05) is 47.5 Å². The number of nitrogens with zero attached hydrogens (tertiary/aromatic N) is 1. The SMILES string of the molecule is CCOc1ccc(-c2cc3ccc([C@@H]4CNCCO4)cc3[nH]2)cn1.Cl. The number of hydrogen-bond donors (Lipinski definition) is 2. The van der Waals surface area contributed by atoms with E-state index in [1.165, 1.54) is 10.9 Å². The van der Waals surface area contributed by atoms with Crippen LogP contribution in [0.1, 0.15) is 18.6 Å². The van der Waals surface area contributed by atoms with E-state index in [0.717, 1.165) is 36.5 Å². The van der Waals surface area contributed by atoms with Gasteiger partial charge in [-0.3, -0.25) is 0 Å². The van der Waals surface area contributed by atoms with Crippen LogP contribution in [0.5, 0.6) is 5.88 Å². The lowest BCUT2D eigenvalue weighted by Crippen LogP contribution is -2.33. The summed E-state index contributed by atoms with van der Waals surface area (Å²) < 4.78 is 11.2. The summed E-state index contributed by atoms with van der Waals surface area (Å²) in [7, 11) is 0. The normalized spacial score (nSPS) is 17.2. The molecule has 1 fully saturated rings. The summed E-state index contributed by atoms with van der Waals surface area (Å²) in [5.41, 5.74) is 4.42. The van der Waals surface area contributed by atoms with Gasteiger partial charge in [-0.15, -0.1) is 12.4 Å². The fourth-order valence-electron chi connectivity index (χ4n) is 3.05. The predicted octanol–water partition coefficient (Wildman–Crippen LogP) is 3.71. The predicted molar refractivity (Wildman–Crippen MR) is 102 cm³/mol. The van der Waals surface area contributed by atoms with Gasteiger partial charge in [-0.2, -0.15) is 0 Å². The maximum atomic E-state index is 5.84. The minimum Gasteiger partial charge on any atom is -0.478 e. The first-order valence-corrected chi connectivity index (χ1v) is 8.37. The average Bonchev–Trinajstić information content (AvgIpc) is 3.06. The fraction of sp³-hybridized carbons (Fsp3) is 0.316. The number of aromatic amines is 1. The molecular weight excluding hydrogens is 338 g/mol. The average molecular weight is 360 g/mol. The summed E-state index contributed by atoms with van der Waals surface area (Å²) in [4.78, 5) is 7.82. The number of fused-ring (bicyclic) bond motifs is 1. The standard InChI is InChI=1S/C19H21N3O2.ClH/c1-2-23-19-6-5-15(11-21-19)17-9-13-3-4-14(10-16(13)22-17)18-12-20-7-8-24-18;/h3-6,9-11,18,20,22H,2,7-8,12H2,1H3;1H/t18-;/m0./s1. The quantitative estimate of drug-likeness (QED) is 0.745. The number of nitrogens with one attached hydrogen (secondary N) is 2. The molecule has 0 unspecified atom stereocenters. The van der Waals surface area contributed by atoms with E-state index in [-0.39, 0.29) is 18.5 Å². The second-order valence-corrected chi connectivity index (χ2v) is 5.91. The molecule has 3 aromatic rings. The molecule has 1 saturated heterocycles. The molecule has 0 radical (unpaired) electrons. The van der Waals surface area contributed by atoms with Crippen molar-refractivity contribution in [3.05, 3.63) is 48.2 Å². The number of aromatic nitrogens is 2. The Balaban J connectivity index is 0.00000182. The van der Waals surface area contributed by atoms with Gasteiger partial charge in [-0.25, -0.2) is 4.98 Å². The van der Waals surface area contributed by atoms with E-state index in [9.17, 15) is 0 Å². The summed E-state index contributed by atoms with van der Waals surface area (Å²) >= 11 is 0. The molecule has 1 aliphatic heterocycles. The first-order valence-electron chi connectivity index (χ1n) is 8.37. The topological polar surface area (TPSA) is 59.2 Å². The van der Waals surface area contributed by atoms with E-state index in [2.05, 4.69) is 39.6 Å². The largest absolute Gasteiger partial charge is 0.478 e. The highest BCUT2D eigenvalue weighted by atomic mass is 35.5. The Hall–Kier alpha value is -2.08. The van der Waals surface area contributed by atoms with E-state index in [1.54, 1.807) is 0 Å². The Kier molecular flexibility index (Phi) is 5.58. The van der Waals surface area contributed by atoms with Crippen molar-refractivity contribution < 1.29 is 9.47 Å². The van der Waals surface area contributed by atoms with Crippen LogP contribution in [-0.4, -0.2) is 36.3 Å². The van der Waals surface area contributed by atoms with Gasteiger partial charge in [0.15, 0.2) is 0 Å². The molecule has 25 heavy (non-hydrogen) atoms. The highest BCUT2D eigenvalue weighted by Crippen LogP contribution is 2.28. The van der Waals surface area contributed by atoms with Crippen molar-refractivity contribution in [1.29, 1.82) is 0 Å². The molecule has 0 amide bonds. The second kappa shape index (κ2) is 7.87. The minimum atomic E-state index is 0. The highest BCUT2D eigenvalue weighted by molar-refractivity contribution is 5.86. The summed E-state index contributed by atoms with van der Waals surface area (Å²) in [6, 6.07) is 12.5. The lowest BCUT2D eigenvalue weighted by molar-refractivity contribution is 0.0278. The Labute approximate surface area is 153 Å². The van der Waals surface area contributed by atoms with Gasteiger partial charge in [0.05, 0.1) is 19.3 Å². The first-order chi connectivity index (χ1) is 11.8. The lowest BCUT2D eigenvalue weighted by atomic mass is 10.1. The lowest BCUT2D eigenvalue weighted by Gasteiger charge is -2.23. The molecule has 1 atom stereocenters. The number of benzene rings is 1. The zero-order chi connectivity index (χ0) is 16.4. The fourth-order valence-corrected chi connectivity index (χ4v) is 3.05. The third-order valence-corrected chi connectivity index (χ3v) is 4.29. The van der Waals surface area contributed by atoms with Crippen molar-refractivity contribution in [2.45, 2.75) is 13.0 Å². The van der Waals surface area contributed by atoms with Gasteiger partial charge in [-0.05, 0) is 30.7 Å². The molecule has 132 valence electrons. The van der Waals surface area contributed by atoms with Crippen molar-refractivity contribution in [1.82, 2.24) is 15.3 Å². The smallest absolute Gasteiger partial charge is 0.213 e. The number of morpholine rings is 1. The van der Waals surface area contributed by atoms with E-state index in [1.807, 2.05) is 25.3 Å². The van der Waals surface area contributed by atoms with Crippen LogP contribution in [0.2, 0.25) is 0 Å². The molecule has 3 heterocycles. The Bertz CT molecular complexity index is 826. The van der Waals surface area contributed by atoms with Gasteiger partial charge >= 0.3 is 0 Å². The Morgan fingerprint density at radius 1 is 1.24 bits per heavy atom. The van der Waals surface area contributed by atoms with Crippen molar-refractivity contribution >= 4 is 23.3 Å². The molecule has 4 rings (SSSR count). The summed E-state index contributed by atoms with van der Waals surface area (Å²) in [5.74, 6) is 0.654. The van der Waals surface area contributed by atoms with Crippen molar-refractivity contribution in [3.63, 3.8) is 0 Å². The molecule has 2 aromatic heterocycles. The van der Waals surface area contributed by atoms with Crippen LogP contribution in [0.3, 0.4) is 0 Å². The van der Waals surface area contributed by atoms with E-state index < -0.39 is 0 Å². The molecule has 6 heteroatoms. The van der Waals surface area contributed by atoms with Gasteiger partial charge in [0.1, 0.15) is 0 Å². The number of rotatable bonds is 4. The monoisotopic (exact) mass is 359 g/mol. The number of hydrogen-bond acceptors (Lipinski definition) is 4. The van der Waals surface area contributed by atoms with Crippen molar-refractivity contribution in [2.24, 2.45) is 0 Å². The zero-order valence-corrected chi connectivity index (χ0v) is 14.9. The van der Waals surface area contributed by atoms with Crippen molar-refractivity contribution in [3.8, 4) is 17.1 Å². The highest BCUT2D eigenvalue weighted by Gasteiger charge is 2.16. The van der Waals surface area contributed by atoms with E-state index in [4.69, 9.17) is 9.47 Å². The molecule has 1 aromatic carbocycles. The van der Waals surface area contributed by atoms with Crippen LogP contribution in [0.25, 0.3) is 22.2 Å². The molecule has 0 saturated carbocycles. The first kappa shape index (κ1) is 17.7. The third kappa shape index (κ3) is 3.79. The summed E-state index contributed by atoms with van der Waals surface area (Å²) in [6.07, 6.45) is 1.96. The van der Waals surface area contributed by atoms with Crippen LogP contribution < -0.4 is 10.1 Å². The second-order valence-electron chi connectivity index (χ2n) is 5.91. The Morgan fingerprint density at radius 2 is 2.16 bits per heavy atom. The number of ether oxygens (including phenoxy) is 2. The Morgan fingerprint density at radius 3 is 2.88 bits per heavy atom. The number of pyridine rings is 1. The van der Waals surface area contributed by atoms with Crippen LogP contribution in [0.15, 0.2) is 42.6 Å². The molecule has 0 aliphatic carbocycles. The third-order valence-electron chi connectivity index (χ3n) is 4.29. The molecule has 0 spiro atoms. The maximum absolute atomic E-state index is 5.84. The molecule has 2 N–H and O–H groups in total. The maximum Gasteiger partial charge on any atom is 0.213 e. The number of halogens is 1. The van der Waals surface area contributed by atoms with Crippen LogP contribution >= 0.6 is 12.4 Å². The minimum absolute atomic E-state index is 0. The van der Waals surface area contributed by atoms with Gasteiger partial charge < -0.3 is 19.8 Å². The summed E-state index contributed by atoms with van der Waals surface area (Å²) in [5, 5.41) is 4.56. The van der Waals surface area contributed by atoms with Gasteiger partial charge in [-0.1, -0.05) is 12.1 Å². The van der Waals surface area contributed by atoms with Gasteiger partial charge in [0.2, 0.25) is 5.88 Å². The van der Waals surface area contributed by atoms with E-state index >= 15 is 0 Å². The molecule has 5 nitrogen and oxygen atoms in total. The van der Waals surface area contributed by atoms with Gasteiger partial charge in [0.25, 0.3) is 0 Å².